The summed E-state index contributed by atoms with van der Waals surface area (Å²) in [4.78, 5) is 24.9. The third-order valence-corrected chi connectivity index (χ3v) is 5.48. The fourth-order valence-electron chi connectivity index (χ4n) is 2.57. The number of carbonyl (C=O) groups is 1. The molecule has 9 heteroatoms. The van der Waals surface area contributed by atoms with Crippen molar-refractivity contribution in [2.24, 2.45) is 0 Å². The molecule has 2 aromatic carbocycles. The van der Waals surface area contributed by atoms with Gasteiger partial charge in [0.15, 0.2) is 0 Å². The van der Waals surface area contributed by atoms with Gasteiger partial charge in [-0.15, -0.1) is 0 Å². The predicted molar refractivity (Wildman–Crippen MR) is 120 cm³/mol. The molecule has 150 valence electrons. The van der Waals surface area contributed by atoms with Gasteiger partial charge in [-0.1, -0.05) is 52.5 Å². The van der Waals surface area contributed by atoms with Crippen molar-refractivity contribution in [3.63, 3.8) is 0 Å². The highest BCUT2D eigenvalue weighted by Crippen LogP contribution is 2.25. The molecule has 0 aliphatic heterocycles. The monoisotopic (exact) mass is 469 g/mol. The first kappa shape index (κ1) is 21.5. The molecular weight excluding hydrogens is 456 g/mol. The van der Waals surface area contributed by atoms with E-state index in [4.69, 9.17) is 46.4 Å². The molecule has 1 heterocycles. The zero-order chi connectivity index (χ0) is 21.0. The van der Waals surface area contributed by atoms with Gasteiger partial charge in [-0.3, -0.25) is 9.59 Å². The lowest BCUT2D eigenvalue weighted by atomic mass is 10.2. The van der Waals surface area contributed by atoms with E-state index >= 15 is 0 Å². The molecule has 0 saturated carbocycles. The van der Waals surface area contributed by atoms with E-state index in [1.807, 2.05) is 6.07 Å². The van der Waals surface area contributed by atoms with Crippen molar-refractivity contribution in [1.29, 1.82) is 0 Å². The second-order valence-corrected chi connectivity index (χ2v) is 7.76. The van der Waals surface area contributed by atoms with E-state index < -0.39 is 0 Å². The summed E-state index contributed by atoms with van der Waals surface area (Å²) < 4.78 is 1.31. The van der Waals surface area contributed by atoms with Crippen molar-refractivity contribution in [2.75, 3.05) is 10.6 Å². The minimum Gasteiger partial charge on any atom is -0.377 e. The number of halogens is 4. The second kappa shape index (κ2) is 9.55. The van der Waals surface area contributed by atoms with Gasteiger partial charge >= 0.3 is 0 Å². The third-order valence-electron chi connectivity index (χ3n) is 4.00. The Morgan fingerprint density at radius 2 is 1.59 bits per heavy atom. The molecule has 0 unspecified atom stereocenters. The number of nitrogens with one attached hydrogen (secondary N) is 2. The van der Waals surface area contributed by atoms with Crippen molar-refractivity contribution in [3.8, 4) is 0 Å². The van der Waals surface area contributed by atoms with Crippen LogP contribution < -0.4 is 16.2 Å². The van der Waals surface area contributed by atoms with Gasteiger partial charge in [-0.25, -0.2) is 0 Å². The molecule has 0 saturated heterocycles. The normalized spacial score (nSPS) is 10.6. The smallest absolute Gasteiger partial charge is 0.274 e. The number of pyridine rings is 1. The summed E-state index contributed by atoms with van der Waals surface area (Å²) in [6, 6.07) is 13.3. The molecule has 3 rings (SSSR count). The van der Waals surface area contributed by atoms with Crippen LogP contribution in [0.25, 0.3) is 0 Å². The first-order valence-corrected chi connectivity index (χ1v) is 9.97. The Balaban J connectivity index is 1.67. The van der Waals surface area contributed by atoms with Crippen molar-refractivity contribution in [2.45, 2.75) is 13.1 Å². The first-order valence-electron chi connectivity index (χ1n) is 8.45. The largest absolute Gasteiger partial charge is 0.377 e. The Bertz CT molecular complexity index is 1120. The number of amides is 1. The summed E-state index contributed by atoms with van der Waals surface area (Å²) in [7, 11) is 0. The summed E-state index contributed by atoms with van der Waals surface area (Å²) in [5, 5.41) is 7.36. The third kappa shape index (κ3) is 5.67. The Morgan fingerprint density at radius 1 is 0.897 bits per heavy atom. The van der Waals surface area contributed by atoms with Gasteiger partial charge in [0.1, 0.15) is 12.2 Å². The van der Waals surface area contributed by atoms with Gasteiger partial charge in [-0.05, 0) is 48.0 Å². The fourth-order valence-corrected chi connectivity index (χ4v) is 3.19. The van der Waals surface area contributed by atoms with Gasteiger partial charge in [-0.2, -0.15) is 0 Å². The molecule has 0 bridgehead atoms. The number of hydrogen-bond acceptors (Lipinski definition) is 3. The van der Waals surface area contributed by atoms with E-state index in [1.54, 1.807) is 48.7 Å². The van der Waals surface area contributed by atoms with Gasteiger partial charge in [0.25, 0.3) is 5.56 Å². The van der Waals surface area contributed by atoms with E-state index in [1.165, 1.54) is 4.57 Å². The van der Waals surface area contributed by atoms with Crippen LogP contribution >= 0.6 is 46.4 Å². The van der Waals surface area contributed by atoms with Gasteiger partial charge in [0.05, 0.1) is 20.1 Å². The van der Waals surface area contributed by atoms with Crippen LogP contribution in [0.4, 0.5) is 11.4 Å². The molecule has 0 aliphatic rings. The number of hydrogen-bond donors (Lipinski definition) is 2. The van der Waals surface area contributed by atoms with Gasteiger partial charge in [0, 0.05) is 18.4 Å². The fraction of sp³-hybridized carbons (Fsp3) is 0.100. The standard InChI is InChI=1S/C20H15Cl4N3O2/c21-14-5-3-12(8-16(14)23)10-25-18-2-1-7-27(20(18)29)11-19(28)26-13-4-6-15(22)17(24)9-13/h1-9,25H,10-11H2,(H,26,28). The minimum absolute atomic E-state index is 0.151. The summed E-state index contributed by atoms with van der Waals surface area (Å²) in [6.07, 6.45) is 1.54. The molecule has 0 aliphatic carbocycles. The van der Waals surface area contributed by atoms with E-state index in [9.17, 15) is 9.59 Å². The van der Waals surface area contributed by atoms with E-state index in [0.717, 1.165) is 5.56 Å². The quantitative estimate of drug-likeness (QED) is 0.484. The van der Waals surface area contributed by atoms with E-state index in [-0.39, 0.29) is 18.0 Å². The molecule has 0 atom stereocenters. The SMILES string of the molecule is O=C(Cn1cccc(NCc2ccc(Cl)c(Cl)c2)c1=O)Nc1ccc(Cl)c(Cl)c1. The molecule has 5 nitrogen and oxygen atoms in total. The van der Waals surface area contributed by atoms with E-state index in [2.05, 4.69) is 10.6 Å². The summed E-state index contributed by atoms with van der Waals surface area (Å²) in [5.41, 5.74) is 1.40. The molecule has 1 amide bonds. The van der Waals surface area contributed by atoms with Crippen molar-refractivity contribution >= 4 is 63.7 Å². The number of benzene rings is 2. The van der Waals surface area contributed by atoms with Crippen molar-refractivity contribution in [3.05, 3.63) is 90.7 Å². The Labute approximate surface area is 187 Å². The summed E-state index contributed by atoms with van der Waals surface area (Å²) in [6.45, 7) is 0.229. The zero-order valence-electron chi connectivity index (χ0n) is 14.9. The number of nitrogens with zero attached hydrogens (tertiary/aromatic N) is 1. The Morgan fingerprint density at radius 3 is 2.28 bits per heavy atom. The molecule has 2 N–H and O–H groups in total. The minimum atomic E-state index is -0.368. The average molecular weight is 471 g/mol. The Hall–Kier alpha value is -2.18. The lowest BCUT2D eigenvalue weighted by Gasteiger charge is -2.11. The lowest BCUT2D eigenvalue weighted by Crippen LogP contribution is -2.28. The van der Waals surface area contributed by atoms with Crippen molar-refractivity contribution in [1.82, 2.24) is 4.57 Å². The van der Waals surface area contributed by atoms with Crippen LogP contribution in [-0.2, 0) is 17.9 Å². The molecule has 29 heavy (non-hydrogen) atoms. The van der Waals surface area contributed by atoms with Crippen LogP contribution in [0.5, 0.6) is 0 Å². The van der Waals surface area contributed by atoms with E-state index in [0.29, 0.717) is 38.0 Å². The topological polar surface area (TPSA) is 63.1 Å². The average Bonchev–Trinajstić information content (AvgIpc) is 2.68. The number of carbonyl (C=O) groups excluding carboxylic acids is 1. The highest BCUT2D eigenvalue weighted by atomic mass is 35.5. The van der Waals surface area contributed by atoms with Crippen LogP contribution in [-0.4, -0.2) is 10.5 Å². The summed E-state index contributed by atoms with van der Waals surface area (Å²) >= 11 is 23.7. The molecule has 0 spiro atoms. The number of anilines is 2. The highest BCUT2D eigenvalue weighted by molar-refractivity contribution is 6.42. The van der Waals surface area contributed by atoms with Crippen LogP contribution in [0.1, 0.15) is 5.56 Å². The molecular formula is C20H15Cl4N3O2. The lowest BCUT2D eigenvalue weighted by molar-refractivity contribution is -0.116. The molecule has 0 fully saturated rings. The molecule has 1 aromatic heterocycles. The highest BCUT2D eigenvalue weighted by Gasteiger charge is 2.09. The first-order chi connectivity index (χ1) is 13.8. The number of rotatable bonds is 6. The molecule has 3 aromatic rings. The number of aromatic nitrogens is 1. The van der Waals surface area contributed by atoms with Crippen LogP contribution in [0, 0.1) is 0 Å². The van der Waals surface area contributed by atoms with Crippen molar-refractivity contribution < 1.29 is 4.79 Å². The maximum Gasteiger partial charge on any atom is 0.274 e. The zero-order valence-corrected chi connectivity index (χ0v) is 17.9. The summed E-state index contributed by atoms with van der Waals surface area (Å²) in [5.74, 6) is -0.368. The molecule has 0 radical (unpaired) electrons. The van der Waals surface area contributed by atoms with Crippen LogP contribution in [0.3, 0.4) is 0 Å². The van der Waals surface area contributed by atoms with Crippen LogP contribution in [0.15, 0.2) is 59.5 Å². The van der Waals surface area contributed by atoms with Gasteiger partial charge < -0.3 is 15.2 Å². The Kier molecular flexibility index (Phi) is 7.09. The second-order valence-electron chi connectivity index (χ2n) is 6.13. The predicted octanol–water partition coefficient (Wildman–Crippen LogP) is 5.71. The maximum absolute atomic E-state index is 12.6. The van der Waals surface area contributed by atoms with Crippen LogP contribution in [0.2, 0.25) is 20.1 Å². The maximum atomic E-state index is 12.6. The van der Waals surface area contributed by atoms with Gasteiger partial charge in [0.2, 0.25) is 5.91 Å².